The Labute approximate surface area is 201 Å². The van der Waals surface area contributed by atoms with Gasteiger partial charge in [-0.15, -0.1) is 24.0 Å². The Morgan fingerprint density at radius 3 is 2.81 bits per heavy atom. The molecule has 0 unspecified atom stereocenters. The molecule has 7 heteroatoms. The van der Waals surface area contributed by atoms with Crippen molar-refractivity contribution in [2.75, 3.05) is 26.2 Å². The summed E-state index contributed by atoms with van der Waals surface area (Å²) in [5, 5.41) is 11.2. The molecule has 0 atom stereocenters. The fourth-order valence-corrected chi connectivity index (χ4v) is 3.57. The second-order valence-electron chi connectivity index (χ2n) is 7.36. The molecule has 31 heavy (non-hydrogen) atoms. The Hall–Kier alpha value is -2.55. The van der Waals surface area contributed by atoms with Crippen molar-refractivity contribution >= 4 is 29.9 Å². The van der Waals surface area contributed by atoms with Crippen LogP contribution >= 0.6 is 24.0 Å². The molecule has 1 aliphatic heterocycles. The minimum absolute atomic E-state index is 0. The van der Waals surface area contributed by atoms with E-state index in [4.69, 9.17) is 9.73 Å². The van der Waals surface area contributed by atoms with Crippen molar-refractivity contribution in [1.29, 1.82) is 0 Å². The number of para-hydroxylation sites is 1. The molecule has 0 fully saturated rings. The standard InChI is InChI=1S/C24H29N5O.HI/c1-2-25-24(26-13-10-19-8-9-23-21(16-19)12-15-30-23)27-14-11-20-17-28-29(18-20)22-6-4-3-5-7-22;/h3-9,16-18H,2,10-15H2,1H3,(H2,25,26,27);1H. The van der Waals surface area contributed by atoms with Crippen LogP contribution in [0.4, 0.5) is 0 Å². The number of halogens is 1. The third kappa shape index (κ3) is 6.46. The fourth-order valence-electron chi connectivity index (χ4n) is 3.57. The van der Waals surface area contributed by atoms with Crippen LogP contribution in [0.15, 0.2) is 65.9 Å². The maximum Gasteiger partial charge on any atom is 0.191 e. The average Bonchev–Trinajstić information content (AvgIpc) is 3.43. The molecule has 0 amide bonds. The molecule has 1 aliphatic rings. The predicted molar refractivity (Wildman–Crippen MR) is 136 cm³/mol. The minimum atomic E-state index is 0. The van der Waals surface area contributed by atoms with E-state index in [1.54, 1.807) is 0 Å². The van der Waals surface area contributed by atoms with Crippen molar-refractivity contribution < 1.29 is 4.74 Å². The molecule has 4 rings (SSSR count). The first kappa shape index (κ1) is 23.1. The van der Waals surface area contributed by atoms with E-state index in [0.717, 1.165) is 62.9 Å². The van der Waals surface area contributed by atoms with Crippen LogP contribution in [-0.2, 0) is 19.3 Å². The number of aromatic nitrogens is 2. The molecule has 2 heterocycles. The number of guanidine groups is 1. The number of benzene rings is 2. The number of nitrogens with one attached hydrogen (secondary N) is 2. The summed E-state index contributed by atoms with van der Waals surface area (Å²) in [7, 11) is 0. The van der Waals surface area contributed by atoms with Crippen LogP contribution in [-0.4, -0.2) is 42.0 Å². The van der Waals surface area contributed by atoms with Gasteiger partial charge in [-0.1, -0.05) is 30.3 Å². The summed E-state index contributed by atoms with van der Waals surface area (Å²) in [4.78, 5) is 4.73. The van der Waals surface area contributed by atoms with Crippen molar-refractivity contribution in [3.8, 4) is 11.4 Å². The first-order valence-corrected chi connectivity index (χ1v) is 10.7. The summed E-state index contributed by atoms with van der Waals surface area (Å²) in [6, 6.07) is 16.6. The molecule has 0 saturated heterocycles. The number of aliphatic imine (C=N–C) groups is 1. The van der Waals surface area contributed by atoms with Crippen molar-refractivity contribution in [2.24, 2.45) is 4.99 Å². The molecule has 1 aromatic heterocycles. The van der Waals surface area contributed by atoms with Gasteiger partial charge in [-0.2, -0.15) is 5.10 Å². The highest BCUT2D eigenvalue weighted by Gasteiger charge is 2.11. The Morgan fingerprint density at radius 2 is 1.97 bits per heavy atom. The first-order chi connectivity index (χ1) is 14.8. The largest absolute Gasteiger partial charge is 0.493 e. The highest BCUT2D eigenvalue weighted by molar-refractivity contribution is 14.0. The van der Waals surface area contributed by atoms with Gasteiger partial charge >= 0.3 is 0 Å². The number of fused-ring (bicyclic) bond motifs is 1. The topological polar surface area (TPSA) is 63.5 Å². The molecule has 0 aliphatic carbocycles. The molecule has 0 bridgehead atoms. The lowest BCUT2D eigenvalue weighted by Crippen LogP contribution is -2.38. The lowest BCUT2D eigenvalue weighted by molar-refractivity contribution is 0.357. The summed E-state index contributed by atoms with van der Waals surface area (Å²) in [6.07, 6.45) is 6.84. The zero-order valence-electron chi connectivity index (χ0n) is 17.9. The van der Waals surface area contributed by atoms with Gasteiger partial charge in [0.05, 0.1) is 18.5 Å². The normalized spacial score (nSPS) is 12.6. The molecule has 3 aromatic rings. The van der Waals surface area contributed by atoms with Gasteiger partial charge in [-0.25, -0.2) is 4.68 Å². The monoisotopic (exact) mass is 531 g/mol. The van der Waals surface area contributed by atoms with Crippen LogP contribution in [0.2, 0.25) is 0 Å². The van der Waals surface area contributed by atoms with Gasteiger partial charge in [0.15, 0.2) is 5.96 Å². The molecule has 6 nitrogen and oxygen atoms in total. The summed E-state index contributed by atoms with van der Waals surface area (Å²) < 4.78 is 7.49. The van der Waals surface area contributed by atoms with Gasteiger partial charge in [-0.3, -0.25) is 4.99 Å². The van der Waals surface area contributed by atoms with Crippen LogP contribution in [0, 0.1) is 0 Å². The van der Waals surface area contributed by atoms with E-state index in [9.17, 15) is 0 Å². The fraction of sp³-hybridized carbons (Fsp3) is 0.333. The second-order valence-corrected chi connectivity index (χ2v) is 7.36. The first-order valence-electron chi connectivity index (χ1n) is 10.7. The molecule has 0 spiro atoms. The van der Waals surface area contributed by atoms with E-state index in [1.807, 2.05) is 29.1 Å². The Morgan fingerprint density at radius 1 is 1.10 bits per heavy atom. The van der Waals surface area contributed by atoms with Gasteiger partial charge in [0, 0.05) is 32.3 Å². The molecular weight excluding hydrogens is 501 g/mol. The van der Waals surface area contributed by atoms with Crippen LogP contribution < -0.4 is 15.4 Å². The molecule has 2 N–H and O–H groups in total. The van der Waals surface area contributed by atoms with Crippen molar-refractivity contribution in [2.45, 2.75) is 26.2 Å². The highest BCUT2D eigenvalue weighted by atomic mass is 127. The SMILES string of the molecule is CCNC(=NCCc1ccc2c(c1)CCO2)NCCc1cnn(-c2ccccc2)c1.I. The Balaban J connectivity index is 0.00000272. The van der Waals surface area contributed by atoms with Gasteiger partial charge in [0.1, 0.15) is 5.75 Å². The lowest BCUT2D eigenvalue weighted by Gasteiger charge is -2.11. The summed E-state index contributed by atoms with van der Waals surface area (Å²) in [5.41, 5.74) is 4.90. The van der Waals surface area contributed by atoms with E-state index in [1.165, 1.54) is 16.7 Å². The molecule has 2 aromatic carbocycles. The van der Waals surface area contributed by atoms with E-state index in [-0.39, 0.29) is 24.0 Å². The third-order valence-electron chi connectivity index (χ3n) is 5.13. The number of ether oxygens (including phenoxy) is 1. The van der Waals surface area contributed by atoms with Gasteiger partial charge in [0.2, 0.25) is 0 Å². The minimum Gasteiger partial charge on any atom is -0.493 e. The van der Waals surface area contributed by atoms with Crippen molar-refractivity contribution in [3.63, 3.8) is 0 Å². The maximum absolute atomic E-state index is 5.58. The van der Waals surface area contributed by atoms with Crippen LogP contribution in [0.5, 0.6) is 5.75 Å². The van der Waals surface area contributed by atoms with E-state index >= 15 is 0 Å². The predicted octanol–water partition coefficient (Wildman–Crippen LogP) is 3.77. The van der Waals surface area contributed by atoms with Crippen LogP contribution in [0.3, 0.4) is 0 Å². The van der Waals surface area contributed by atoms with E-state index in [2.05, 4.69) is 59.2 Å². The Bertz CT molecular complexity index is 987. The highest BCUT2D eigenvalue weighted by Crippen LogP contribution is 2.25. The van der Waals surface area contributed by atoms with Crippen LogP contribution in [0.25, 0.3) is 5.69 Å². The molecular formula is C24H30IN5O. The van der Waals surface area contributed by atoms with Crippen molar-refractivity contribution in [3.05, 3.63) is 77.6 Å². The van der Waals surface area contributed by atoms with E-state index < -0.39 is 0 Å². The third-order valence-corrected chi connectivity index (χ3v) is 5.13. The summed E-state index contributed by atoms with van der Waals surface area (Å²) >= 11 is 0. The van der Waals surface area contributed by atoms with E-state index in [0.29, 0.717) is 0 Å². The van der Waals surface area contributed by atoms with Gasteiger partial charge in [0.25, 0.3) is 0 Å². The number of hydrogen-bond donors (Lipinski definition) is 2. The zero-order chi connectivity index (χ0) is 20.6. The second kappa shape index (κ2) is 11.7. The Kier molecular flexibility index (Phi) is 8.75. The quantitative estimate of drug-likeness (QED) is 0.264. The molecule has 164 valence electrons. The average molecular weight is 531 g/mol. The van der Waals surface area contributed by atoms with Gasteiger partial charge in [-0.05, 0) is 54.7 Å². The maximum atomic E-state index is 5.58. The van der Waals surface area contributed by atoms with Crippen molar-refractivity contribution in [1.82, 2.24) is 20.4 Å². The number of rotatable bonds is 8. The lowest BCUT2D eigenvalue weighted by atomic mass is 10.1. The zero-order valence-corrected chi connectivity index (χ0v) is 20.2. The summed E-state index contributed by atoms with van der Waals surface area (Å²) in [6.45, 7) is 5.29. The van der Waals surface area contributed by atoms with Crippen LogP contribution in [0.1, 0.15) is 23.6 Å². The summed E-state index contributed by atoms with van der Waals surface area (Å²) in [5.74, 6) is 1.89. The number of hydrogen-bond acceptors (Lipinski definition) is 3. The molecule has 0 radical (unpaired) electrons. The smallest absolute Gasteiger partial charge is 0.191 e. The molecule has 0 saturated carbocycles. The van der Waals surface area contributed by atoms with Gasteiger partial charge < -0.3 is 15.4 Å². The number of nitrogens with zero attached hydrogens (tertiary/aromatic N) is 3.